The molecular weight excluding hydrogens is 483 g/mol. The third kappa shape index (κ3) is 4.07. The molecule has 1 heterocycles. The van der Waals surface area contributed by atoms with Crippen molar-refractivity contribution in [3.8, 4) is 11.1 Å². The van der Waals surface area contributed by atoms with Gasteiger partial charge in [0.1, 0.15) is 10.7 Å². The van der Waals surface area contributed by atoms with Crippen molar-refractivity contribution < 1.29 is 27.8 Å². The van der Waals surface area contributed by atoms with Crippen LogP contribution in [0, 0.1) is 11.7 Å². The van der Waals surface area contributed by atoms with E-state index in [-0.39, 0.29) is 39.2 Å². The Kier molecular flexibility index (Phi) is 6.32. The van der Waals surface area contributed by atoms with E-state index in [0.717, 1.165) is 24.9 Å². The van der Waals surface area contributed by atoms with E-state index in [1.807, 2.05) is 35.2 Å². The second kappa shape index (κ2) is 9.31. The van der Waals surface area contributed by atoms with Gasteiger partial charge in [0.15, 0.2) is 0 Å². The zero-order valence-electron chi connectivity index (χ0n) is 19.8. The van der Waals surface area contributed by atoms with Gasteiger partial charge in [-0.1, -0.05) is 30.7 Å². The molecule has 0 spiro atoms. The number of carboxylic acid groups (broad SMARTS) is 1. The minimum Gasteiger partial charge on any atom is -0.478 e. The predicted octanol–water partition coefficient (Wildman–Crippen LogP) is 4.62. The largest absolute Gasteiger partial charge is 0.478 e. The van der Waals surface area contributed by atoms with Gasteiger partial charge in [-0.15, -0.1) is 0 Å². The van der Waals surface area contributed by atoms with Crippen molar-refractivity contribution in [2.24, 2.45) is 5.92 Å². The molecule has 2 N–H and O–H groups in total. The summed E-state index contributed by atoms with van der Waals surface area (Å²) in [6, 6.07) is 15.5. The Hall–Kier alpha value is -3.27. The van der Waals surface area contributed by atoms with Gasteiger partial charge in [-0.25, -0.2) is 17.6 Å². The summed E-state index contributed by atoms with van der Waals surface area (Å²) in [6.07, 6.45) is 2.92. The summed E-state index contributed by atoms with van der Waals surface area (Å²) in [5.41, 5.74) is 1.26. The Morgan fingerprint density at radius 2 is 1.78 bits per heavy atom. The first-order valence-electron chi connectivity index (χ1n) is 11.8. The monoisotopic (exact) mass is 510 g/mol. The molecule has 0 amide bonds. The van der Waals surface area contributed by atoms with Crippen LogP contribution >= 0.6 is 0 Å². The van der Waals surface area contributed by atoms with E-state index in [9.17, 15) is 23.4 Å². The lowest BCUT2D eigenvalue weighted by molar-refractivity contribution is 0.0696. The summed E-state index contributed by atoms with van der Waals surface area (Å²) in [7, 11) is -2.44. The van der Waals surface area contributed by atoms with Crippen LogP contribution in [0.3, 0.4) is 0 Å². The molecule has 5 rings (SSSR count). The van der Waals surface area contributed by atoms with Crippen LogP contribution in [0.5, 0.6) is 0 Å². The second-order valence-corrected chi connectivity index (χ2v) is 11.3. The number of carboxylic acids is 1. The van der Waals surface area contributed by atoms with Crippen LogP contribution in [0.2, 0.25) is 0 Å². The van der Waals surface area contributed by atoms with Crippen LogP contribution < -0.4 is 4.90 Å². The second-order valence-electron chi connectivity index (χ2n) is 9.36. The molecule has 36 heavy (non-hydrogen) atoms. The first kappa shape index (κ1) is 24.4. The van der Waals surface area contributed by atoms with Crippen molar-refractivity contribution in [3.63, 3.8) is 0 Å². The van der Waals surface area contributed by atoms with Crippen LogP contribution in [0.1, 0.15) is 35.2 Å². The molecule has 7 nitrogen and oxygen atoms in total. The minimum absolute atomic E-state index is 0.0586. The Morgan fingerprint density at radius 1 is 1.06 bits per heavy atom. The van der Waals surface area contributed by atoms with E-state index in [2.05, 4.69) is 0 Å². The van der Waals surface area contributed by atoms with Crippen LogP contribution in [-0.2, 0) is 16.6 Å². The van der Waals surface area contributed by atoms with Gasteiger partial charge in [-0.2, -0.15) is 4.31 Å². The van der Waals surface area contributed by atoms with E-state index < -0.39 is 28.4 Å². The standard InChI is InChI=1S/C27H27FN2O5S/c1-29-25(17-6-5-7-17)15-30(20-8-3-2-4-9-20)24-14-23(28)22(13-26(24)36(29,34)35)21-12-18(27(32)33)10-11-19(21)16-31/h2-4,8-14,17,25,31H,5-7,15-16H2,1H3,(H,32,33)/t25-/m0/s1. The maximum absolute atomic E-state index is 15.8. The molecule has 188 valence electrons. The fraction of sp³-hybridized carbons (Fsp3) is 0.296. The Bertz CT molecular complexity index is 1420. The molecule has 3 aromatic rings. The van der Waals surface area contributed by atoms with E-state index in [0.29, 0.717) is 12.1 Å². The molecule has 0 unspecified atom stereocenters. The van der Waals surface area contributed by atoms with E-state index in [1.54, 1.807) is 7.05 Å². The van der Waals surface area contributed by atoms with Crippen molar-refractivity contribution in [2.75, 3.05) is 18.5 Å². The summed E-state index contributed by atoms with van der Waals surface area (Å²) in [5.74, 6) is -1.70. The predicted molar refractivity (Wildman–Crippen MR) is 134 cm³/mol. The number of benzene rings is 3. The quantitative estimate of drug-likeness (QED) is 0.520. The van der Waals surface area contributed by atoms with Crippen molar-refractivity contribution in [1.82, 2.24) is 4.31 Å². The van der Waals surface area contributed by atoms with Crippen molar-refractivity contribution in [3.05, 3.63) is 77.6 Å². The van der Waals surface area contributed by atoms with Gasteiger partial charge in [-0.3, -0.25) is 0 Å². The summed E-state index contributed by atoms with van der Waals surface area (Å²) in [4.78, 5) is 13.4. The number of nitrogens with zero attached hydrogens (tertiary/aromatic N) is 2. The van der Waals surface area contributed by atoms with Crippen LogP contribution in [0.15, 0.2) is 65.6 Å². The maximum Gasteiger partial charge on any atom is 0.335 e. The molecule has 0 saturated heterocycles. The maximum atomic E-state index is 15.8. The highest BCUT2D eigenvalue weighted by Crippen LogP contribution is 2.44. The highest BCUT2D eigenvalue weighted by molar-refractivity contribution is 7.89. The molecule has 1 atom stereocenters. The smallest absolute Gasteiger partial charge is 0.335 e. The van der Waals surface area contributed by atoms with Crippen LogP contribution in [0.25, 0.3) is 11.1 Å². The lowest BCUT2D eigenvalue weighted by atomic mass is 9.79. The van der Waals surface area contributed by atoms with Gasteiger partial charge in [0.05, 0.1) is 17.9 Å². The SMILES string of the molecule is CN1[C@H](C2CCC2)CN(c2ccccc2)c2cc(F)c(-c3cc(C(=O)O)ccc3CO)cc2S1(=O)=O. The number of likely N-dealkylation sites (N-methyl/N-ethyl adjacent to an activating group) is 1. The highest BCUT2D eigenvalue weighted by Gasteiger charge is 2.42. The average Bonchev–Trinajstić information content (AvgIpc) is 2.91. The molecule has 0 bridgehead atoms. The summed E-state index contributed by atoms with van der Waals surface area (Å²) in [6.45, 7) is -0.0785. The molecule has 1 aliphatic heterocycles. The molecule has 0 aromatic heterocycles. The van der Waals surface area contributed by atoms with Crippen LogP contribution in [-0.4, -0.2) is 48.5 Å². The zero-order chi connectivity index (χ0) is 25.6. The van der Waals surface area contributed by atoms with Gasteiger partial charge in [0, 0.05) is 30.9 Å². The number of aliphatic hydroxyl groups is 1. The first-order valence-corrected chi connectivity index (χ1v) is 13.3. The normalized spacial score (nSPS) is 19.9. The topological polar surface area (TPSA) is 98.2 Å². The number of halogens is 1. The number of sulfonamides is 1. The van der Waals surface area contributed by atoms with Gasteiger partial charge < -0.3 is 15.1 Å². The molecule has 1 aliphatic carbocycles. The number of rotatable bonds is 5. The van der Waals surface area contributed by atoms with Gasteiger partial charge >= 0.3 is 5.97 Å². The summed E-state index contributed by atoms with van der Waals surface area (Å²) in [5, 5.41) is 19.3. The molecule has 1 saturated carbocycles. The zero-order valence-corrected chi connectivity index (χ0v) is 20.6. The highest BCUT2D eigenvalue weighted by atomic mass is 32.2. The Balaban J connectivity index is 1.75. The van der Waals surface area contributed by atoms with Gasteiger partial charge in [0.25, 0.3) is 0 Å². The number of hydrogen-bond donors (Lipinski definition) is 2. The molecule has 0 radical (unpaired) electrons. The first-order chi connectivity index (χ1) is 17.2. The molecule has 3 aromatic carbocycles. The van der Waals surface area contributed by atoms with Gasteiger partial charge in [0.2, 0.25) is 10.0 Å². The lowest BCUT2D eigenvalue weighted by Gasteiger charge is -2.39. The van der Waals surface area contributed by atoms with E-state index >= 15 is 4.39 Å². The number of fused-ring (bicyclic) bond motifs is 1. The number of hydrogen-bond acceptors (Lipinski definition) is 5. The summed E-state index contributed by atoms with van der Waals surface area (Å²) < 4.78 is 45.0. The van der Waals surface area contributed by atoms with E-state index in [4.69, 9.17) is 0 Å². The molecule has 1 fully saturated rings. The van der Waals surface area contributed by atoms with Crippen molar-refractivity contribution in [1.29, 1.82) is 0 Å². The number of aromatic carboxylic acids is 1. The fourth-order valence-electron chi connectivity index (χ4n) is 5.12. The van der Waals surface area contributed by atoms with Crippen LogP contribution in [0.4, 0.5) is 15.8 Å². The fourth-order valence-corrected chi connectivity index (χ4v) is 6.73. The third-order valence-corrected chi connectivity index (χ3v) is 9.32. The molecular formula is C27H27FN2O5S. The Morgan fingerprint density at radius 3 is 2.39 bits per heavy atom. The molecule has 9 heteroatoms. The van der Waals surface area contributed by atoms with Crippen molar-refractivity contribution >= 4 is 27.4 Å². The number of para-hydroxylation sites is 1. The number of carbonyl (C=O) groups is 1. The third-order valence-electron chi connectivity index (χ3n) is 7.41. The Labute approximate surface area is 209 Å². The number of aliphatic hydroxyl groups excluding tert-OH is 1. The van der Waals surface area contributed by atoms with E-state index in [1.165, 1.54) is 34.6 Å². The lowest BCUT2D eigenvalue weighted by Crippen LogP contribution is -2.47. The van der Waals surface area contributed by atoms with Crippen molar-refractivity contribution in [2.45, 2.75) is 36.8 Å². The molecule has 2 aliphatic rings. The summed E-state index contributed by atoms with van der Waals surface area (Å²) >= 11 is 0. The minimum atomic E-state index is -4.02. The average molecular weight is 511 g/mol. The van der Waals surface area contributed by atoms with Gasteiger partial charge in [-0.05, 0) is 66.3 Å². The number of anilines is 2.